The monoisotopic (exact) mass is 598 g/mol. The van der Waals surface area contributed by atoms with E-state index in [1.807, 2.05) is 0 Å². The van der Waals surface area contributed by atoms with Crippen molar-refractivity contribution >= 4 is 21.9 Å². The van der Waals surface area contributed by atoms with Crippen LogP contribution in [-0.4, -0.2) is 21.0 Å². The first-order valence-electron chi connectivity index (χ1n) is 14.5. The molecule has 4 saturated carbocycles. The third-order valence-electron chi connectivity index (χ3n) is 12.1. The van der Waals surface area contributed by atoms with Crippen molar-refractivity contribution in [1.82, 2.24) is 0 Å². The van der Waals surface area contributed by atoms with Gasteiger partial charge in [0.1, 0.15) is 4.83 Å². The summed E-state index contributed by atoms with van der Waals surface area (Å²) in [5.41, 5.74) is -0.713. The van der Waals surface area contributed by atoms with Gasteiger partial charge >= 0.3 is 12.1 Å². The maximum Gasteiger partial charge on any atom is 0.416 e. The van der Waals surface area contributed by atoms with E-state index in [1.54, 1.807) is 0 Å². The van der Waals surface area contributed by atoms with Gasteiger partial charge in [-0.1, -0.05) is 48.8 Å². The van der Waals surface area contributed by atoms with Gasteiger partial charge < -0.3 is 10.2 Å². The molecule has 0 bridgehead atoms. The number of rotatable bonds is 5. The highest BCUT2D eigenvalue weighted by molar-refractivity contribution is 9.10. The lowest BCUT2D eigenvalue weighted by Crippen LogP contribution is -2.55. The van der Waals surface area contributed by atoms with Gasteiger partial charge in [0, 0.05) is 0 Å². The molecular weight excluding hydrogens is 557 g/mol. The average Bonchev–Trinajstić information content (AvgIpc) is 3.21. The number of alkyl halides is 4. The minimum absolute atomic E-state index is 0.149. The molecule has 38 heavy (non-hydrogen) atoms. The van der Waals surface area contributed by atoms with E-state index in [0.717, 1.165) is 31.4 Å². The van der Waals surface area contributed by atoms with E-state index in [2.05, 4.69) is 36.7 Å². The van der Waals surface area contributed by atoms with Crippen molar-refractivity contribution in [2.45, 2.75) is 102 Å². The summed E-state index contributed by atoms with van der Waals surface area (Å²) in [6.07, 6.45) is 5.41. The van der Waals surface area contributed by atoms with Crippen molar-refractivity contribution in [2.24, 2.45) is 46.3 Å². The molecule has 1 unspecified atom stereocenters. The Labute approximate surface area is 233 Å². The Morgan fingerprint density at radius 3 is 2.29 bits per heavy atom. The molecule has 0 radical (unpaired) electrons. The standard InChI is InChI=1S/C31H42BrF3O3/c1-18(16-26(32)27(36)37)23-10-11-24-22-9-8-21-17-30(38,19-4-6-20(7-5-19)31(33,34)35)15-14-28(21,2)25(22)12-13-29(23,24)3/h4-7,18,21-26,38H,8-17H2,1-3H3,(H,36,37)/t18-,21-,22+,23-,24+,25+,26?,28+,29-,30+/m1/s1. The average molecular weight is 600 g/mol. The quantitative estimate of drug-likeness (QED) is 0.334. The van der Waals surface area contributed by atoms with Gasteiger partial charge in [-0.25, -0.2) is 0 Å². The molecule has 10 atom stereocenters. The molecule has 0 spiro atoms. The van der Waals surface area contributed by atoms with Crippen LogP contribution in [0.15, 0.2) is 24.3 Å². The van der Waals surface area contributed by atoms with E-state index >= 15 is 0 Å². The van der Waals surface area contributed by atoms with Crippen molar-refractivity contribution in [3.05, 3.63) is 35.4 Å². The van der Waals surface area contributed by atoms with Gasteiger partial charge in [-0.2, -0.15) is 13.2 Å². The number of carboxylic acid groups (broad SMARTS) is 1. The van der Waals surface area contributed by atoms with Crippen molar-refractivity contribution in [2.75, 3.05) is 0 Å². The fourth-order valence-corrected chi connectivity index (χ4v) is 10.6. The largest absolute Gasteiger partial charge is 0.480 e. The van der Waals surface area contributed by atoms with Crippen LogP contribution in [0.5, 0.6) is 0 Å². The van der Waals surface area contributed by atoms with E-state index in [4.69, 9.17) is 0 Å². The predicted octanol–water partition coefficient (Wildman–Crippen LogP) is 8.43. The Balaban J connectivity index is 1.31. The summed E-state index contributed by atoms with van der Waals surface area (Å²) in [4.78, 5) is 11.0. The van der Waals surface area contributed by atoms with Crippen LogP contribution in [0.2, 0.25) is 0 Å². The van der Waals surface area contributed by atoms with Crippen LogP contribution in [0, 0.1) is 46.3 Å². The summed E-state index contributed by atoms with van der Waals surface area (Å²) in [6.45, 7) is 7.15. The number of aliphatic hydroxyl groups is 1. The maximum atomic E-state index is 13.1. The Morgan fingerprint density at radius 1 is 1.00 bits per heavy atom. The molecule has 3 nitrogen and oxygen atoms in total. The molecule has 4 aliphatic rings. The number of hydrogen-bond acceptors (Lipinski definition) is 2. The zero-order chi connectivity index (χ0) is 27.7. The Hall–Kier alpha value is -1.08. The number of benzene rings is 1. The van der Waals surface area contributed by atoms with Gasteiger partial charge in [0.2, 0.25) is 0 Å². The minimum Gasteiger partial charge on any atom is -0.480 e. The molecule has 212 valence electrons. The van der Waals surface area contributed by atoms with Crippen LogP contribution in [-0.2, 0) is 16.6 Å². The molecule has 5 rings (SSSR count). The molecule has 0 heterocycles. The molecule has 1 aromatic carbocycles. The number of fused-ring (bicyclic) bond motifs is 5. The van der Waals surface area contributed by atoms with Crippen LogP contribution in [0.4, 0.5) is 13.2 Å². The van der Waals surface area contributed by atoms with Crippen molar-refractivity contribution in [3.8, 4) is 0 Å². The minimum atomic E-state index is -4.37. The zero-order valence-corrected chi connectivity index (χ0v) is 24.3. The number of halogens is 4. The van der Waals surface area contributed by atoms with Gasteiger partial charge in [0.25, 0.3) is 0 Å². The first-order valence-corrected chi connectivity index (χ1v) is 15.4. The lowest BCUT2D eigenvalue weighted by molar-refractivity contribution is -0.155. The maximum absolute atomic E-state index is 13.1. The van der Waals surface area contributed by atoms with Gasteiger partial charge in [-0.3, -0.25) is 4.79 Å². The van der Waals surface area contributed by atoms with E-state index in [-0.39, 0.29) is 10.8 Å². The smallest absolute Gasteiger partial charge is 0.416 e. The summed E-state index contributed by atoms with van der Waals surface area (Å²) < 4.78 is 39.2. The van der Waals surface area contributed by atoms with Gasteiger partial charge in [0.15, 0.2) is 0 Å². The summed E-state index contributed by atoms with van der Waals surface area (Å²) in [5.74, 6) is 2.46. The van der Waals surface area contributed by atoms with Gasteiger partial charge in [-0.15, -0.1) is 0 Å². The van der Waals surface area contributed by atoms with Crippen LogP contribution in [0.1, 0.15) is 96.1 Å². The third-order valence-corrected chi connectivity index (χ3v) is 12.8. The molecule has 4 fully saturated rings. The molecular formula is C31H42BrF3O3. The highest BCUT2D eigenvalue weighted by Gasteiger charge is 2.61. The molecule has 0 aliphatic heterocycles. The van der Waals surface area contributed by atoms with E-state index < -0.39 is 28.1 Å². The van der Waals surface area contributed by atoms with Gasteiger partial charge in [0.05, 0.1) is 11.2 Å². The zero-order valence-electron chi connectivity index (χ0n) is 22.7. The van der Waals surface area contributed by atoms with E-state index in [0.29, 0.717) is 60.3 Å². The van der Waals surface area contributed by atoms with Crippen LogP contribution < -0.4 is 0 Å². The van der Waals surface area contributed by atoms with E-state index in [1.165, 1.54) is 37.8 Å². The molecule has 7 heteroatoms. The van der Waals surface area contributed by atoms with Crippen LogP contribution in [0.3, 0.4) is 0 Å². The summed E-state index contributed by atoms with van der Waals surface area (Å²) in [6, 6.07) is 5.16. The summed E-state index contributed by atoms with van der Waals surface area (Å²) in [5, 5.41) is 21.1. The molecule has 0 amide bonds. The fraction of sp³-hybridized carbons (Fsp3) is 0.774. The second kappa shape index (κ2) is 9.78. The second-order valence-electron chi connectivity index (χ2n) is 13.7. The molecule has 2 N–H and O–H groups in total. The summed E-state index contributed by atoms with van der Waals surface area (Å²) in [7, 11) is 0. The lowest BCUT2D eigenvalue weighted by Gasteiger charge is -2.62. The van der Waals surface area contributed by atoms with Crippen molar-refractivity contribution < 1.29 is 28.2 Å². The summed E-state index contributed by atoms with van der Waals surface area (Å²) >= 11 is 3.36. The van der Waals surface area contributed by atoms with Crippen LogP contribution >= 0.6 is 15.9 Å². The number of hydrogen-bond donors (Lipinski definition) is 2. The molecule has 0 saturated heterocycles. The molecule has 1 aromatic rings. The Morgan fingerprint density at radius 2 is 1.66 bits per heavy atom. The SMILES string of the molecule is C[C@H](CC(Br)C(=O)O)[C@H]1CC[C@H]2[C@@H]3CC[C@@H]4C[C@](O)(c5ccc(C(F)(F)F)cc5)CC[C@]4(C)[C@H]3CC[C@]12C. The first-order chi connectivity index (χ1) is 17.7. The number of carbonyl (C=O) groups is 1. The fourth-order valence-electron chi connectivity index (χ4n) is 10.0. The predicted molar refractivity (Wildman–Crippen MR) is 145 cm³/mol. The van der Waals surface area contributed by atoms with Crippen LogP contribution in [0.25, 0.3) is 0 Å². The van der Waals surface area contributed by atoms with Gasteiger partial charge in [-0.05, 0) is 128 Å². The molecule has 0 aromatic heterocycles. The third kappa shape index (κ3) is 4.65. The normalized spacial score (nSPS) is 42.5. The van der Waals surface area contributed by atoms with Crippen molar-refractivity contribution in [1.29, 1.82) is 0 Å². The highest BCUT2D eigenvalue weighted by atomic mass is 79.9. The Kier molecular flexibility index (Phi) is 7.32. The Bertz CT molecular complexity index is 1040. The van der Waals surface area contributed by atoms with E-state index in [9.17, 15) is 28.2 Å². The topological polar surface area (TPSA) is 57.5 Å². The lowest BCUT2D eigenvalue weighted by atomic mass is 9.43. The number of aliphatic carboxylic acids is 1. The van der Waals surface area contributed by atoms with Crippen molar-refractivity contribution in [3.63, 3.8) is 0 Å². The number of carboxylic acids is 1. The second-order valence-corrected chi connectivity index (χ2v) is 14.8. The highest BCUT2D eigenvalue weighted by Crippen LogP contribution is 2.69. The molecule has 4 aliphatic carbocycles. The first kappa shape index (κ1) is 28.4.